The van der Waals surface area contributed by atoms with E-state index in [2.05, 4.69) is 16.0 Å². The van der Waals surface area contributed by atoms with Crippen molar-refractivity contribution in [1.29, 1.82) is 5.26 Å². The summed E-state index contributed by atoms with van der Waals surface area (Å²) in [6, 6.07) is 10.5. The molecule has 0 radical (unpaired) electrons. The predicted octanol–water partition coefficient (Wildman–Crippen LogP) is 3.84. The minimum absolute atomic E-state index is 0.0638. The summed E-state index contributed by atoms with van der Waals surface area (Å²) in [5.41, 5.74) is 2.76. The van der Waals surface area contributed by atoms with Crippen LogP contribution >= 0.6 is 0 Å². The molecular weight excluding hydrogens is 440 g/mol. The van der Waals surface area contributed by atoms with E-state index in [1.807, 2.05) is 6.92 Å². The fraction of sp³-hybridized carbons (Fsp3) is 0.333. The van der Waals surface area contributed by atoms with Crippen LogP contribution in [0.3, 0.4) is 0 Å². The van der Waals surface area contributed by atoms with E-state index in [1.165, 1.54) is 4.57 Å². The molecule has 0 saturated carbocycles. The molecule has 0 unspecified atom stereocenters. The summed E-state index contributed by atoms with van der Waals surface area (Å²) < 4.78 is 32.5. The average Bonchev–Trinajstić information content (AvgIpc) is 2.76. The summed E-state index contributed by atoms with van der Waals surface area (Å²) >= 11 is 0. The number of hydrogen-bond donors (Lipinski definition) is 0. The van der Waals surface area contributed by atoms with E-state index in [4.69, 9.17) is 4.74 Å². The second kappa shape index (κ2) is 9.96. The largest absolute Gasteiger partial charge is 0.423 e. The number of sulfone groups is 1. The molecule has 3 rings (SSSR count). The van der Waals surface area contributed by atoms with E-state index in [0.717, 1.165) is 12.0 Å². The number of para-hydroxylation sites is 1. The molecule has 2 aromatic heterocycles. The minimum Gasteiger partial charge on any atom is -0.423 e. The number of aryl methyl sites for hydroxylation is 3. The Balaban J connectivity index is 2.13. The van der Waals surface area contributed by atoms with Gasteiger partial charge in [0.2, 0.25) is 0 Å². The lowest BCUT2D eigenvalue weighted by molar-refractivity contribution is 0.436. The van der Waals surface area contributed by atoms with Crippen LogP contribution in [-0.4, -0.2) is 28.7 Å². The summed E-state index contributed by atoms with van der Waals surface area (Å²) in [7, 11) is -1.74. The van der Waals surface area contributed by atoms with Crippen LogP contribution in [0, 0.1) is 25.2 Å². The molecule has 0 bridgehead atoms. The first-order valence-corrected chi connectivity index (χ1v) is 12.4. The zero-order valence-electron chi connectivity index (χ0n) is 19.1. The summed E-state index contributed by atoms with van der Waals surface area (Å²) in [5.74, 6) is 0.116. The Labute approximate surface area is 193 Å². The number of ether oxygens (including phenoxy) is 1. The van der Waals surface area contributed by atoms with E-state index in [0.29, 0.717) is 34.6 Å². The second-order valence-electron chi connectivity index (χ2n) is 7.97. The Kier molecular flexibility index (Phi) is 7.29. The van der Waals surface area contributed by atoms with Gasteiger partial charge in [0.05, 0.1) is 28.5 Å². The van der Waals surface area contributed by atoms with Gasteiger partial charge in [-0.25, -0.2) is 8.42 Å². The van der Waals surface area contributed by atoms with Gasteiger partial charge in [0.1, 0.15) is 6.07 Å². The summed E-state index contributed by atoms with van der Waals surface area (Å²) in [6.45, 7) is 5.43. The van der Waals surface area contributed by atoms with Crippen LogP contribution < -0.4 is 10.3 Å². The first kappa shape index (κ1) is 24.1. The van der Waals surface area contributed by atoms with Gasteiger partial charge >= 0.3 is 6.01 Å². The lowest BCUT2D eigenvalue weighted by Gasteiger charge is -2.13. The van der Waals surface area contributed by atoms with Crippen molar-refractivity contribution in [2.24, 2.45) is 7.05 Å². The number of benzene rings is 1. The summed E-state index contributed by atoms with van der Waals surface area (Å²) in [4.78, 5) is 20.9. The lowest BCUT2D eigenvalue weighted by Crippen LogP contribution is -2.18. The number of hydrogen-bond acceptors (Lipinski definition) is 7. The average molecular weight is 467 g/mol. The zero-order chi connectivity index (χ0) is 24.2. The van der Waals surface area contributed by atoms with E-state index >= 15 is 0 Å². The molecule has 9 heteroatoms. The molecule has 0 fully saturated rings. The van der Waals surface area contributed by atoms with Gasteiger partial charge in [0.25, 0.3) is 5.56 Å². The zero-order valence-corrected chi connectivity index (χ0v) is 19.9. The Morgan fingerprint density at radius 1 is 1.15 bits per heavy atom. The first-order chi connectivity index (χ1) is 15.6. The smallest absolute Gasteiger partial charge is 0.322 e. The topological polar surface area (TPSA) is 115 Å². The number of pyridine rings is 1. The molecule has 0 atom stereocenters. The van der Waals surface area contributed by atoms with Crippen molar-refractivity contribution in [3.8, 4) is 29.1 Å². The van der Waals surface area contributed by atoms with Crippen LogP contribution in [0.1, 0.15) is 42.1 Å². The molecule has 0 aliphatic carbocycles. The van der Waals surface area contributed by atoms with E-state index < -0.39 is 9.84 Å². The molecule has 2 heterocycles. The number of aromatic nitrogens is 3. The van der Waals surface area contributed by atoms with Crippen LogP contribution in [0.2, 0.25) is 0 Å². The lowest BCUT2D eigenvalue weighted by atomic mass is 10.1. The van der Waals surface area contributed by atoms with Gasteiger partial charge in [-0.2, -0.15) is 15.2 Å². The highest BCUT2D eigenvalue weighted by Crippen LogP contribution is 2.29. The molecule has 0 N–H and O–H groups in total. The van der Waals surface area contributed by atoms with Crippen LogP contribution in [0.4, 0.5) is 0 Å². The van der Waals surface area contributed by atoms with Crippen LogP contribution in [0.25, 0.3) is 11.3 Å². The monoisotopic (exact) mass is 466 g/mol. The van der Waals surface area contributed by atoms with E-state index in [-0.39, 0.29) is 28.8 Å². The molecule has 33 heavy (non-hydrogen) atoms. The van der Waals surface area contributed by atoms with Crippen LogP contribution in [0.15, 0.2) is 41.3 Å². The number of rotatable bonds is 8. The standard InChI is InChI=1S/C24H26N4O4S/c1-5-6-10-33(30,31)15-20-12-21(19-11-17(3)23(29)28(4)14-19)27-24(26-20)32-22-16(2)8-7-9-18(22)13-25/h7-9,11-12,14H,5-6,10,15H2,1-4H3. The van der Waals surface area contributed by atoms with Gasteiger partial charge in [0, 0.05) is 24.4 Å². The molecule has 0 saturated heterocycles. The van der Waals surface area contributed by atoms with Crippen molar-refractivity contribution in [2.75, 3.05) is 5.75 Å². The van der Waals surface area contributed by atoms with Crippen molar-refractivity contribution in [3.63, 3.8) is 0 Å². The van der Waals surface area contributed by atoms with Gasteiger partial charge in [-0.3, -0.25) is 4.79 Å². The quantitative estimate of drug-likeness (QED) is 0.495. The van der Waals surface area contributed by atoms with E-state index in [1.54, 1.807) is 57.4 Å². The van der Waals surface area contributed by atoms with Gasteiger partial charge in [-0.15, -0.1) is 0 Å². The molecule has 1 aromatic carbocycles. The normalized spacial score (nSPS) is 11.2. The highest BCUT2D eigenvalue weighted by molar-refractivity contribution is 7.90. The molecule has 0 amide bonds. The van der Waals surface area contributed by atoms with Crippen molar-refractivity contribution in [1.82, 2.24) is 14.5 Å². The Bertz CT molecular complexity index is 1360. The maximum Gasteiger partial charge on any atom is 0.322 e. The maximum atomic E-state index is 12.6. The first-order valence-electron chi connectivity index (χ1n) is 10.6. The fourth-order valence-corrected chi connectivity index (χ4v) is 4.86. The molecule has 3 aromatic rings. The maximum absolute atomic E-state index is 12.6. The second-order valence-corrected chi connectivity index (χ2v) is 10.2. The molecule has 0 aliphatic heterocycles. The highest BCUT2D eigenvalue weighted by atomic mass is 32.2. The molecule has 0 aliphatic rings. The Morgan fingerprint density at radius 3 is 2.58 bits per heavy atom. The molecular formula is C24H26N4O4S. The third kappa shape index (κ3) is 5.84. The molecule has 172 valence electrons. The number of nitriles is 1. The van der Waals surface area contributed by atoms with E-state index in [9.17, 15) is 18.5 Å². The van der Waals surface area contributed by atoms with Crippen LogP contribution in [0.5, 0.6) is 11.8 Å². The summed E-state index contributed by atoms with van der Waals surface area (Å²) in [5, 5.41) is 9.45. The minimum atomic E-state index is -3.38. The highest BCUT2D eigenvalue weighted by Gasteiger charge is 2.18. The third-order valence-electron chi connectivity index (χ3n) is 5.12. The fourth-order valence-electron chi connectivity index (χ4n) is 3.39. The van der Waals surface area contributed by atoms with Crippen molar-refractivity contribution >= 4 is 9.84 Å². The van der Waals surface area contributed by atoms with Crippen LogP contribution in [-0.2, 0) is 22.6 Å². The van der Waals surface area contributed by atoms with Crippen molar-refractivity contribution < 1.29 is 13.2 Å². The van der Waals surface area contributed by atoms with Gasteiger partial charge < -0.3 is 9.30 Å². The summed E-state index contributed by atoms with van der Waals surface area (Å²) in [6.07, 6.45) is 2.97. The van der Waals surface area contributed by atoms with Gasteiger partial charge in [0.15, 0.2) is 15.6 Å². The number of unbranched alkanes of at least 4 members (excludes halogenated alkanes) is 1. The van der Waals surface area contributed by atoms with Crippen molar-refractivity contribution in [3.05, 3.63) is 69.3 Å². The van der Waals surface area contributed by atoms with Gasteiger partial charge in [-0.05, 0) is 44.0 Å². The van der Waals surface area contributed by atoms with Crippen molar-refractivity contribution in [2.45, 2.75) is 39.4 Å². The SMILES string of the molecule is CCCCS(=O)(=O)Cc1cc(-c2cc(C)c(=O)n(C)c2)nc(Oc2c(C)cccc2C#N)n1. The predicted molar refractivity (Wildman–Crippen MR) is 126 cm³/mol. The Morgan fingerprint density at radius 2 is 1.91 bits per heavy atom. The third-order valence-corrected chi connectivity index (χ3v) is 6.77. The van der Waals surface area contributed by atoms with Gasteiger partial charge in [-0.1, -0.05) is 25.5 Å². The molecule has 0 spiro atoms. The molecule has 8 nitrogen and oxygen atoms in total. The number of nitrogens with zero attached hydrogens (tertiary/aromatic N) is 4. The Hall–Kier alpha value is -3.51.